The van der Waals surface area contributed by atoms with E-state index >= 15 is 0 Å². The summed E-state index contributed by atoms with van der Waals surface area (Å²) >= 11 is 0. The molecule has 0 bridgehead atoms. The molecule has 0 saturated heterocycles. The summed E-state index contributed by atoms with van der Waals surface area (Å²) in [6.07, 6.45) is 3.63. The smallest absolute Gasteiger partial charge is 0.276 e. The predicted octanol–water partition coefficient (Wildman–Crippen LogP) is 2.52. The summed E-state index contributed by atoms with van der Waals surface area (Å²) in [6, 6.07) is 6.54. The first-order chi connectivity index (χ1) is 10.8. The minimum absolute atomic E-state index is 0.158. The van der Waals surface area contributed by atoms with Gasteiger partial charge >= 0.3 is 0 Å². The van der Waals surface area contributed by atoms with Crippen molar-refractivity contribution < 1.29 is 13.5 Å². The Balaban J connectivity index is 2.26. The lowest BCUT2D eigenvalue weighted by Gasteiger charge is -2.35. The number of nitrogens with zero attached hydrogens (tertiary/aromatic N) is 1. The van der Waals surface area contributed by atoms with Crippen molar-refractivity contribution in [1.29, 1.82) is 0 Å². The lowest BCUT2D eigenvalue weighted by molar-refractivity contribution is 0.0228. The molecule has 0 aromatic heterocycles. The molecule has 2 atom stereocenters. The van der Waals surface area contributed by atoms with Crippen LogP contribution >= 0.6 is 0 Å². The summed E-state index contributed by atoms with van der Waals surface area (Å²) in [4.78, 5) is 2.43. The molecular weight excluding hydrogens is 312 g/mol. The highest BCUT2D eigenvalue weighted by Gasteiger charge is 2.37. The van der Waals surface area contributed by atoms with Gasteiger partial charge in [0.2, 0.25) is 0 Å². The first-order valence-corrected chi connectivity index (χ1v) is 8.98. The zero-order chi connectivity index (χ0) is 17.1. The molecule has 1 aromatic rings. The monoisotopic (exact) mass is 334 g/mol. The lowest BCUT2D eigenvalue weighted by atomic mass is 9.75. The maximum Gasteiger partial charge on any atom is 0.276 e. The van der Waals surface area contributed by atoms with Gasteiger partial charge in [-0.1, -0.05) is 24.3 Å². The fourth-order valence-corrected chi connectivity index (χ4v) is 3.54. The molecule has 1 aliphatic rings. The summed E-state index contributed by atoms with van der Waals surface area (Å²) in [5.41, 5.74) is 3.26. The minimum Gasteiger partial charge on any atom is -0.389 e. The first-order valence-electron chi connectivity index (χ1n) is 7.49. The second-order valence-electron chi connectivity index (χ2n) is 6.07. The highest BCUT2D eigenvalue weighted by molar-refractivity contribution is 7.89. The first kappa shape index (κ1) is 17.5. The zero-order valence-corrected chi connectivity index (χ0v) is 14.2. The summed E-state index contributed by atoms with van der Waals surface area (Å²) in [7, 11) is -3.72. The van der Waals surface area contributed by atoms with Crippen LogP contribution < -0.4 is 4.83 Å². The third-order valence-corrected chi connectivity index (χ3v) is 5.29. The van der Waals surface area contributed by atoms with Crippen molar-refractivity contribution in [2.24, 2.45) is 11.0 Å². The summed E-state index contributed by atoms with van der Waals surface area (Å²) < 4.78 is 24.6. The van der Waals surface area contributed by atoms with Gasteiger partial charge in [-0.25, -0.2) is 4.83 Å². The topological polar surface area (TPSA) is 78.8 Å². The van der Waals surface area contributed by atoms with E-state index in [0.717, 1.165) is 12.0 Å². The SMILES string of the molecule is C=C=C[C@@H]1/C(=N/NS(=O)(=O)c2ccc(C)cc2)CCC[C@]1(C)O. The molecule has 124 valence electrons. The number of aliphatic hydroxyl groups is 1. The fourth-order valence-electron chi connectivity index (χ4n) is 2.71. The lowest BCUT2D eigenvalue weighted by Crippen LogP contribution is -2.42. The third kappa shape index (κ3) is 4.10. The van der Waals surface area contributed by atoms with Gasteiger partial charge in [0.05, 0.1) is 16.4 Å². The standard InChI is InChI=1S/C17H22N2O3S/c1-4-6-15-16(7-5-12-17(15,3)20)18-19-23(21,22)14-10-8-13(2)9-11-14/h6,8-11,15,19-20H,1,5,7,12H2,2-3H3/b18-16+/t15-,17+/m1/s1. The van der Waals surface area contributed by atoms with Crippen LogP contribution in [0.3, 0.4) is 0 Å². The zero-order valence-electron chi connectivity index (χ0n) is 13.4. The van der Waals surface area contributed by atoms with Crippen molar-refractivity contribution in [2.75, 3.05) is 0 Å². The normalized spacial score (nSPS) is 26.6. The molecule has 1 saturated carbocycles. The molecule has 0 heterocycles. The average Bonchev–Trinajstić information content (AvgIpc) is 2.48. The van der Waals surface area contributed by atoms with E-state index in [1.807, 2.05) is 6.92 Å². The van der Waals surface area contributed by atoms with Gasteiger partial charge in [-0.05, 0) is 51.3 Å². The fraction of sp³-hybridized carbons (Fsp3) is 0.412. The number of hydrogen-bond donors (Lipinski definition) is 2. The van der Waals surface area contributed by atoms with Crippen molar-refractivity contribution in [2.45, 2.75) is 43.6 Å². The third-order valence-electron chi connectivity index (χ3n) is 4.07. The van der Waals surface area contributed by atoms with E-state index in [9.17, 15) is 13.5 Å². The number of hydrogen-bond acceptors (Lipinski definition) is 4. The van der Waals surface area contributed by atoms with E-state index in [1.165, 1.54) is 12.1 Å². The van der Waals surface area contributed by atoms with Crippen molar-refractivity contribution >= 4 is 15.7 Å². The molecule has 0 unspecified atom stereocenters. The van der Waals surface area contributed by atoms with E-state index in [4.69, 9.17) is 0 Å². The van der Waals surface area contributed by atoms with Gasteiger partial charge in [0, 0.05) is 5.71 Å². The molecule has 0 spiro atoms. The van der Waals surface area contributed by atoms with Crippen LogP contribution in [-0.4, -0.2) is 24.8 Å². The van der Waals surface area contributed by atoms with Gasteiger partial charge in [0.1, 0.15) is 0 Å². The molecule has 2 rings (SSSR count). The second-order valence-corrected chi connectivity index (χ2v) is 7.73. The Morgan fingerprint density at radius 2 is 2.09 bits per heavy atom. The minimum atomic E-state index is -3.72. The van der Waals surface area contributed by atoms with E-state index in [-0.39, 0.29) is 4.90 Å². The average molecular weight is 334 g/mol. The molecule has 2 N–H and O–H groups in total. The Labute approximate surface area is 137 Å². The second kappa shape index (κ2) is 6.71. The number of rotatable bonds is 4. The maximum absolute atomic E-state index is 12.3. The van der Waals surface area contributed by atoms with Gasteiger partial charge in [-0.3, -0.25) is 0 Å². The van der Waals surface area contributed by atoms with Crippen LogP contribution in [0.25, 0.3) is 0 Å². The van der Waals surface area contributed by atoms with Crippen LogP contribution in [0.1, 0.15) is 31.7 Å². The van der Waals surface area contributed by atoms with Crippen molar-refractivity contribution in [3.05, 3.63) is 48.2 Å². The van der Waals surface area contributed by atoms with Crippen LogP contribution in [0.2, 0.25) is 0 Å². The van der Waals surface area contributed by atoms with Crippen molar-refractivity contribution in [1.82, 2.24) is 4.83 Å². The van der Waals surface area contributed by atoms with Crippen molar-refractivity contribution in [3.8, 4) is 0 Å². The molecule has 0 radical (unpaired) electrons. The molecular formula is C17H22N2O3S. The number of benzene rings is 1. The Morgan fingerprint density at radius 1 is 1.43 bits per heavy atom. The number of nitrogens with one attached hydrogen (secondary N) is 1. The summed E-state index contributed by atoms with van der Waals surface area (Å²) in [6.45, 7) is 7.14. The highest BCUT2D eigenvalue weighted by Crippen LogP contribution is 2.32. The van der Waals surface area contributed by atoms with Gasteiger partial charge in [0.15, 0.2) is 0 Å². The Kier molecular flexibility index (Phi) is 5.09. The molecule has 0 amide bonds. The number of hydrazone groups is 1. The van der Waals surface area contributed by atoms with Crippen LogP contribution in [-0.2, 0) is 10.0 Å². The Hall–Kier alpha value is -1.88. The summed E-state index contributed by atoms with van der Waals surface area (Å²) in [5.74, 6) is -0.394. The largest absolute Gasteiger partial charge is 0.389 e. The molecule has 5 nitrogen and oxygen atoms in total. The number of sulfonamides is 1. The Bertz CT molecular complexity index is 743. The molecule has 1 aromatic carbocycles. The van der Waals surface area contributed by atoms with Gasteiger partial charge in [-0.15, -0.1) is 5.73 Å². The quantitative estimate of drug-likeness (QED) is 0.656. The van der Waals surface area contributed by atoms with Gasteiger partial charge in [0.25, 0.3) is 10.0 Å². The van der Waals surface area contributed by atoms with E-state index in [2.05, 4.69) is 22.2 Å². The molecule has 23 heavy (non-hydrogen) atoms. The molecule has 1 aliphatic carbocycles. The van der Waals surface area contributed by atoms with Gasteiger partial charge in [-0.2, -0.15) is 13.5 Å². The van der Waals surface area contributed by atoms with E-state index < -0.39 is 21.5 Å². The van der Waals surface area contributed by atoms with Crippen LogP contribution in [0.4, 0.5) is 0 Å². The predicted molar refractivity (Wildman–Crippen MR) is 90.6 cm³/mol. The summed E-state index contributed by atoms with van der Waals surface area (Å²) in [5, 5.41) is 14.5. The number of aryl methyl sites for hydroxylation is 1. The van der Waals surface area contributed by atoms with E-state index in [1.54, 1.807) is 25.1 Å². The molecule has 0 aliphatic heterocycles. The molecule has 1 fully saturated rings. The van der Waals surface area contributed by atoms with E-state index in [0.29, 0.717) is 18.6 Å². The van der Waals surface area contributed by atoms with Crippen molar-refractivity contribution in [3.63, 3.8) is 0 Å². The van der Waals surface area contributed by atoms with Crippen LogP contribution in [0, 0.1) is 12.8 Å². The van der Waals surface area contributed by atoms with Crippen LogP contribution in [0.15, 0.2) is 52.6 Å². The highest BCUT2D eigenvalue weighted by atomic mass is 32.2. The maximum atomic E-state index is 12.3. The molecule has 6 heteroatoms. The van der Waals surface area contributed by atoms with Gasteiger partial charge < -0.3 is 5.11 Å². The van der Waals surface area contributed by atoms with Crippen LogP contribution in [0.5, 0.6) is 0 Å². The Morgan fingerprint density at radius 3 is 2.70 bits per heavy atom.